The van der Waals surface area contributed by atoms with Crippen molar-refractivity contribution >= 4 is 69.8 Å². The molecule has 0 fully saturated rings. The molecule has 0 unspecified atom stereocenters. The van der Waals surface area contributed by atoms with Crippen LogP contribution < -0.4 is 20.2 Å². The van der Waals surface area contributed by atoms with E-state index in [-0.39, 0.29) is 24.9 Å². The van der Waals surface area contributed by atoms with E-state index in [0.717, 1.165) is 78.1 Å². The summed E-state index contributed by atoms with van der Waals surface area (Å²) >= 11 is 0. The van der Waals surface area contributed by atoms with E-state index in [4.69, 9.17) is 0 Å². The smallest absolute Gasteiger partial charge is 0.258 e. The number of amides is 2. The first-order valence-corrected chi connectivity index (χ1v) is 37.9. The molecule has 2 heterocycles. The number of benzene rings is 8. The van der Waals surface area contributed by atoms with E-state index in [1.165, 1.54) is 10.4 Å². The number of nitrogens with zero attached hydrogens (tertiary/aromatic N) is 4. The summed E-state index contributed by atoms with van der Waals surface area (Å²) in [6.07, 6.45) is 0. The number of anilines is 2. The molecule has 0 N–H and O–H groups in total. The van der Waals surface area contributed by atoms with E-state index in [9.17, 15) is 26.4 Å². The fourth-order valence-electron chi connectivity index (χ4n) is 12.0. The van der Waals surface area contributed by atoms with E-state index in [2.05, 4.69) is 67.0 Å². The van der Waals surface area contributed by atoms with Crippen molar-refractivity contribution in [2.75, 3.05) is 9.80 Å². The normalized spacial score (nSPS) is 13.7. The number of rotatable bonds is 14. The van der Waals surface area contributed by atoms with Gasteiger partial charge in [0.05, 0.1) is 39.0 Å². The highest BCUT2D eigenvalue weighted by Gasteiger charge is 2.41. The molecule has 14 heteroatoms. The first-order valence-electron chi connectivity index (χ1n) is 28.0. The van der Waals surface area contributed by atoms with E-state index < -0.39 is 36.2 Å². The second-order valence-electron chi connectivity index (χ2n) is 24.0. The lowest BCUT2D eigenvalue weighted by Crippen LogP contribution is -2.46. The van der Waals surface area contributed by atoms with Crippen LogP contribution in [0.1, 0.15) is 87.5 Å². The summed E-state index contributed by atoms with van der Waals surface area (Å²) in [5, 5.41) is 2.42. The van der Waals surface area contributed by atoms with Gasteiger partial charge in [-0.25, -0.2) is 16.8 Å². The van der Waals surface area contributed by atoms with Gasteiger partial charge in [0.15, 0.2) is 0 Å². The van der Waals surface area contributed by atoms with Crippen molar-refractivity contribution in [2.24, 2.45) is 0 Å². The van der Waals surface area contributed by atoms with Crippen LogP contribution in [0.2, 0.25) is 39.3 Å². The van der Waals surface area contributed by atoms with Gasteiger partial charge in [-0.2, -0.15) is 8.61 Å². The maximum atomic E-state index is 14.3. The topological polar surface area (TPSA) is 115 Å². The van der Waals surface area contributed by atoms with Crippen molar-refractivity contribution in [1.29, 1.82) is 0 Å². The highest BCUT2D eigenvalue weighted by Crippen LogP contribution is 2.41. The Kier molecular flexibility index (Phi) is 17.2. The number of hydrogen-bond acceptors (Lipinski definition) is 6. The summed E-state index contributed by atoms with van der Waals surface area (Å²) in [7, 11) is -11.4. The molecule has 0 saturated carbocycles. The third kappa shape index (κ3) is 12.1. The van der Waals surface area contributed by atoms with Crippen molar-refractivity contribution in [3.63, 3.8) is 0 Å². The molecule has 0 radical (unpaired) electrons. The molecule has 0 aliphatic carbocycles. The molecule has 82 heavy (non-hydrogen) atoms. The molecule has 424 valence electrons. The standard InChI is InChI=1S/2C34H38N2O3SSi/c2*1-24-17-19-29(20-18-24)40(38,39)35-22-30-25(2)32(33(41(4,5)6)26(3)31(30)23-35)36(21-27-13-9-7-10-14-27)34(37)28-15-11-8-12-16-28/h2*7-20H,21-23H2,1-6H3. The fraction of sp³-hybridized carbons (Fsp3) is 0.265. The summed E-state index contributed by atoms with van der Waals surface area (Å²) in [4.78, 5) is 33.0. The van der Waals surface area contributed by atoms with Gasteiger partial charge in [0.25, 0.3) is 11.8 Å². The lowest BCUT2D eigenvalue weighted by atomic mass is 9.96. The molecular weight excluding hydrogens is 1090 g/mol. The highest BCUT2D eigenvalue weighted by molar-refractivity contribution is 7.89. The van der Waals surface area contributed by atoms with Gasteiger partial charge in [-0.3, -0.25) is 9.59 Å². The van der Waals surface area contributed by atoms with Gasteiger partial charge in [0, 0.05) is 48.7 Å². The Morgan fingerprint density at radius 1 is 0.390 bits per heavy atom. The van der Waals surface area contributed by atoms with Crippen molar-refractivity contribution < 1.29 is 26.4 Å². The Labute approximate surface area is 489 Å². The molecule has 2 aliphatic rings. The predicted octanol–water partition coefficient (Wildman–Crippen LogP) is 13.4. The van der Waals surface area contributed by atoms with Crippen molar-refractivity contribution in [3.05, 3.63) is 248 Å². The number of hydrogen-bond donors (Lipinski definition) is 0. The zero-order valence-electron chi connectivity index (χ0n) is 49.5. The lowest BCUT2D eigenvalue weighted by molar-refractivity contribution is 0.0977. The van der Waals surface area contributed by atoms with E-state index >= 15 is 0 Å². The van der Waals surface area contributed by atoms with Gasteiger partial charge in [-0.15, -0.1) is 0 Å². The summed E-state index contributed by atoms with van der Waals surface area (Å²) < 4.78 is 58.1. The molecule has 8 aromatic rings. The zero-order chi connectivity index (χ0) is 59.1. The highest BCUT2D eigenvalue weighted by atomic mass is 32.2. The van der Waals surface area contributed by atoms with Crippen LogP contribution >= 0.6 is 0 Å². The molecule has 10 nitrogen and oxygen atoms in total. The molecule has 0 atom stereocenters. The van der Waals surface area contributed by atoms with Gasteiger partial charge in [-0.1, -0.05) is 172 Å². The van der Waals surface area contributed by atoms with Crippen molar-refractivity contribution in [2.45, 2.75) is 130 Å². The Hall–Kier alpha value is -7.05. The van der Waals surface area contributed by atoms with Crippen LogP contribution in [0.3, 0.4) is 0 Å². The van der Waals surface area contributed by atoms with Crippen LogP contribution in [0.4, 0.5) is 11.4 Å². The molecule has 0 aromatic heterocycles. The predicted molar refractivity (Wildman–Crippen MR) is 340 cm³/mol. The Morgan fingerprint density at radius 3 is 0.939 bits per heavy atom. The molecule has 8 aromatic carbocycles. The number of fused-ring (bicyclic) bond motifs is 2. The molecule has 2 amide bonds. The summed E-state index contributed by atoms with van der Waals surface area (Å²) in [5.74, 6) is -0.114. The van der Waals surface area contributed by atoms with Crippen LogP contribution in [-0.4, -0.2) is 53.4 Å². The lowest BCUT2D eigenvalue weighted by Gasteiger charge is -2.34. The van der Waals surface area contributed by atoms with Crippen LogP contribution in [0.25, 0.3) is 0 Å². The Bertz CT molecular complexity index is 3650. The van der Waals surface area contributed by atoms with Crippen LogP contribution in [0.15, 0.2) is 180 Å². The van der Waals surface area contributed by atoms with Crippen LogP contribution in [0.5, 0.6) is 0 Å². The number of aryl methyl sites for hydroxylation is 2. The average molecular weight is 1170 g/mol. The second kappa shape index (κ2) is 23.7. The number of carbonyl (C=O) groups is 2. The number of carbonyl (C=O) groups excluding carboxylic acids is 2. The quantitative estimate of drug-likeness (QED) is 0.100. The first kappa shape index (κ1) is 59.6. The third-order valence-electron chi connectivity index (χ3n) is 16.1. The molecular formula is C68H76N4O6S2Si2. The largest absolute Gasteiger partial charge is 0.304 e. The SMILES string of the molecule is Cc1ccc(S(=O)(=O)N2Cc3c(C)c(N(Cc4ccccc4)C(=O)c4ccccc4)c([Si](C)(C)C)c(C)c3C2)cc1.Cc1ccc(S(=O)(=O)N2Cc3c(C)c(N(Cc4ccccc4)C(=O)c4ccccc4)c([Si](C)(C)C)c(C)c3C2)cc1. The van der Waals surface area contributed by atoms with Gasteiger partial charge in [0.1, 0.15) is 0 Å². The van der Waals surface area contributed by atoms with E-state index in [1.807, 2.05) is 169 Å². The average Bonchev–Trinajstić information content (AvgIpc) is 4.27. The molecule has 10 rings (SSSR count). The third-order valence-corrected chi connectivity index (χ3v) is 23.9. The van der Waals surface area contributed by atoms with Crippen molar-refractivity contribution in [3.8, 4) is 0 Å². The minimum Gasteiger partial charge on any atom is -0.304 e. The zero-order valence-corrected chi connectivity index (χ0v) is 53.1. The summed E-state index contributed by atoms with van der Waals surface area (Å²) in [6, 6.07) is 53.1. The summed E-state index contributed by atoms with van der Waals surface area (Å²) in [5.41, 5.74) is 15.6. The van der Waals surface area contributed by atoms with Gasteiger partial charge in [-0.05, 0) is 156 Å². The van der Waals surface area contributed by atoms with E-state index in [0.29, 0.717) is 47.1 Å². The van der Waals surface area contributed by atoms with Crippen molar-refractivity contribution in [1.82, 2.24) is 8.61 Å². The van der Waals surface area contributed by atoms with Gasteiger partial charge in [0.2, 0.25) is 20.0 Å². The molecule has 0 saturated heterocycles. The van der Waals surface area contributed by atoms with Crippen LogP contribution in [0, 0.1) is 41.5 Å². The molecule has 0 spiro atoms. The second-order valence-corrected chi connectivity index (χ2v) is 37.9. The van der Waals surface area contributed by atoms with Crippen LogP contribution in [-0.2, 0) is 59.3 Å². The maximum Gasteiger partial charge on any atom is 0.258 e. The van der Waals surface area contributed by atoms with Gasteiger partial charge < -0.3 is 9.80 Å². The Morgan fingerprint density at radius 2 is 0.659 bits per heavy atom. The maximum absolute atomic E-state index is 14.3. The molecule has 2 aliphatic heterocycles. The molecule has 0 bridgehead atoms. The number of sulfonamides is 2. The minimum absolute atomic E-state index is 0.0569. The first-order chi connectivity index (χ1) is 38.8. The monoisotopic (exact) mass is 1160 g/mol. The van der Waals surface area contributed by atoms with E-state index in [1.54, 1.807) is 32.9 Å². The van der Waals surface area contributed by atoms with Gasteiger partial charge >= 0.3 is 0 Å². The fourth-order valence-corrected chi connectivity index (χ4v) is 19.3. The minimum atomic E-state index is -3.68. The Balaban J connectivity index is 0.000000198. The summed E-state index contributed by atoms with van der Waals surface area (Å²) in [6.45, 7) is 28.2.